The Labute approximate surface area is 250 Å². The van der Waals surface area contributed by atoms with Crippen LogP contribution in [0, 0.1) is 0 Å². The van der Waals surface area contributed by atoms with Crippen LogP contribution in [0.15, 0.2) is 18.2 Å². The van der Waals surface area contributed by atoms with E-state index in [2.05, 4.69) is 10.6 Å². The Bertz CT molecular complexity index is 1310. The maximum atomic E-state index is 13.4. The molecule has 0 aliphatic carbocycles. The highest BCUT2D eigenvalue weighted by atomic mass is 16.6. The molecule has 1 unspecified atom stereocenters. The minimum Gasteiger partial charge on any atom is -0.444 e. The predicted octanol–water partition coefficient (Wildman–Crippen LogP) is 1.59. The number of carbonyl (C=O) groups excluding carboxylic acids is 6. The van der Waals surface area contributed by atoms with Crippen LogP contribution in [0.2, 0.25) is 0 Å². The van der Waals surface area contributed by atoms with Gasteiger partial charge in [0.1, 0.15) is 18.2 Å². The zero-order valence-electron chi connectivity index (χ0n) is 24.8. The molecule has 43 heavy (non-hydrogen) atoms. The van der Waals surface area contributed by atoms with E-state index in [1.807, 2.05) is 25.7 Å². The number of carbonyl (C=O) groups is 6. The van der Waals surface area contributed by atoms with Crippen molar-refractivity contribution in [1.82, 2.24) is 20.4 Å². The second-order valence-corrected chi connectivity index (χ2v) is 12.4. The molecule has 5 rings (SSSR count). The summed E-state index contributed by atoms with van der Waals surface area (Å²) >= 11 is 0. The van der Waals surface area contributed by atoms with Gasteiger partial charge < -0.3 is 24.6 Å². The Morgan fingerprint density at radius 2 is 1.65 bits per heavy atom. The lowest BCUT2D eigenvalue weighted by atomic mass is 10.0. The van der Waals surface area contributed by atoms with E-state index in [9.17, 15) is 28.8 Å². The average Bonchev–Trinajstić information content (AvgIpc) is 3.21. The molecule has 232 valence electrons. The topological polar surface area (TPSA) is 155 Å². The van der Waals surface area contributed by atoms with Gasteiger partial charge >= 0.3 is 6.09 Å². The molecule has 0 spiro atoms. The van der Waals surface area contributed by atoms with Crippen molar-refractivity contribution in [3.63, 3.8) is 0 Å². The fourth-order valence-corrected chi connectivity index (χ4v) is 6.05. The van der Waals surface area contributed by atoms with Gasteiger partial charge in [-0.25, -0.2) is 4.79 Å². The number of anilines is 1. The van der Waals surface area contributed by atoms with Gasteiger partial charge in [-0.2, -0.15) is 0 Å². The van der Waals surface area contributed by atoms with Gasteiger partial charge in [-0.3, -0.25) is 34.2 Å². The maximum Gasteiger partial charge on any atom is 0.407 e. The first-order valence-electron chi connectivity index (χ1n) is 14.9. The van der Waals surface area contributed by atoms with Crippen molar-refractivity contribution in [3.8, 4) is 0 Å². The van der Waals surface area contributed by atoms with Gasteiger partial charge in [0.05, 0.1) is 22.9 Å². The van der Waals surface area contributed by atoms with Crippen LogP contribution in [0.3, 0.4) is 0 Å². The smallest absolute Gasteiger partial charge is 0.407 e. The van der Waals surface area contributed by atoms with E-state index in [0.29, 0.717) is 57.5 Å². The Hall–Kier alpha value is -4.00. The number of piperidine rings is 3. The Kier molecular flexibility index (Phi) is 8.72. The van der Waals surface area contributed by atoms with Crippen LogP contribution >= 0.6 is 0 Å². The number of ether oxygens (including phenoxy) is 2. The molecule has 0 saturated carbocycles. The number of nitrogens with zero attached hydrogens (tertiary/aromatic N) is 3. The third-order valence-electron chi connectivity index (χ3n) is 8.24. The van der Waals surface area contributed by atoms with Crippen molar-refractivity contribution in [3.05, 3.63) is 29.3 Å². The number of imide groups is 2. The normalized spacial score (nSPS) is 22.0. The molecule has 4 aliphatic rings. The molecule has 1 atom stereocenters. The van der Waals surface area contributed by atoms with Crippen LogP contribution in [0.1, 0.15) is 80.0 Å². The number of amides is 6. The van der Waals surface area contributed by atoms with Crippen LogP contribution in [-0.4, -0.2) is 102 Å². The lowest BCUT2D eigenvalue weighted by Crippen LogP contribution is -2.54. The molecule has 13 nitrogen and oxygen atoms in total. The molecule has 4 heterocycles. The number of fused-ring (bicyclic) bond motifs is 1. The minimum atomic E-state index is -1.01. The average molecular weight is 598 g/mol. The zero-order valence-corrected chi connectivity index (χ0v) is 24.8. The summed E-state index contributed by atoms with van der Waals surface area (Å²) in [5.74, 6) is -2.20. The third-order valence-corrected chi connectivity index (χ3v) is 8.24. The summed E-state index contributed by atoms with van der Waals surface area (Å²) in [6.45, 7) is 7.61. The Morgan fingerprint density at radius 1 is 0.953 bits per heavy atom. The number of nitrogens with one attached hydrogen (secondary N) is 2. The van der Waals surface area contributed by atoms with Crippen molar-refractivity contribution in [2.75, 3.05) is 37.7 Å². The molecule has 6 amide bonds. The molecule has 1 aromatic rings. The summed E-state index contributed by atoms with van der Waals surface area (Å²) in [5.41, 5.74) is 0.589. The third kappa shape index (κ3) is 6.82. The first-order chi connectivity index (χ1) is 20.4. The fourth-order valence-electron chi connectivity index (χ4n) is 6.05. The van der Waals surface area contributed by atoms with Crippen LogP contribution in [0.25, 0.3) is 0 Å². The van der Waals surface area contributed by atoms with Gasteiger partial charge in [-0.1, -0.05) is 6.07 Å². The highest BCUT2D eigenvalue weighted by Crippen LogP contribution is 2.35. The first-order valence-corrected chi connectivity index (χ1v) is 14.9. The summed E-state index contributed by atoms with van der Waals surface area (Å²) in [4.78, 5) is 80.2. The van der Waals surface area contributed by atoms with Crippen LogP contribution in [-0.2, 0) is 23.9 Å². The summed E-state index contributed by atoms with van der Waals surface area (Å²) in [5, 5.41) is 5.09. The Morgan fingerprint density at radius 3 is 2.30 bits per heavy atom. The largest absolute Gasteiger partial charge is 0.444 e. The fraction of sp³-hybridized carbons (Fsp3) is 0.600. The molecule has 0 aromatic heterocycles. The standard InChI is InChI=1S/C30H39N5O8/c1-30(2,3)43-29(41)31-18-9-13-34(14-10-18)24(37)17-42-19-11-15-33(16-12-19)21-6-4-5-20-25(21)28(40)35(27(20)39)22-7-8-23(36)32-26(22)38/h4-6,18-19,22H,7-17H2,1-3H3,(H,31,41)(H,32,36,38). The molecular formula is C30H39N5O8. The molecule has 3 fully saturated rings. The maximum absolute atomic E-state index is 13.4. The van der Waals surface area contributed by atoms with E-state index in [0.717, 1.165) is 4.90 Å². The molecule has 13 heteroatoms. The van der Waals surface area contributed by atoms with Gasteiger partial charge in [0.15, 0.2) is 0 Å². The molecule has 0 radical (unpaired) electrons. The SMILES string of the molecule is CC(C)(C)OC(=O)NC1CCN(C(=O)COC2CCN(c3cccc4c3C(=O)N(C3CCC(=O)NC3=O)C4=O)CC2)CC1. The highest BCUT2D eigenvalue weighted by Gasteiger charge is 2.46. The van der Waals surface area contributed by atoms with Gasteiger partial charge in [-0.15, -0.1) is 0 Å². The summed E-state index contributed by atoms with van der Waals surface area (Å²) < 4.78 is 11.3. The van der Waals surface area contributed by atoms with E-state index < -0.39 is 41.4 Å². The molecule has 0 bridgehead atoms. The van der Waals surface area contributed by atoms with E-state index >= 15 is 0 Å². The van der Waals surface area contributed by atoms with Crippen molar-refractivity contribution >= 4 is 41.3 Å². The lowest BCUT2D eigenvalue weighted by molar-refractivity contribution is -0.140. The van der Waals surface area contributed by atoms with Gasteiger partial charge in [0.2, 0.25) is 17.7 Å². The van der Waals surface area contributed by atoms with Gasteiger partial charge in [0.25, 0.3) is 11.8 Å². The number of alkyl carbamates (subject to hydrolysis) is 1. The summed E-state index contributed by atoms with van der Waals surface area (Å²) in [6, 6.07) is 4.05. The second kappa shape index (κ2) is 12.3. The van der Waals surface area contributed by atoms with E-state index in [-0.39, 0.29) is 48.6 Å². The summed E-state index contributed by atoms with van der Waals surface area (Å²) in [7, 11) is 0. The monoisotopic (exact) mass is 597 g/mol. The molecule has 1 aromatic carbocycles. The summed E-state index contributed by atoms with van der Waals surface area (Å²) in [6.07, 6.45) is 2.16. The van der Waals surface area contributed by atoms with Crippen molar-refractivity contribution in [2.45, 2.75) is 83.1 Å². The van der Waals surface area contributed by atoms with Crippen LogP contribution in [0.4, 0.5) is 10.5 Å². The molecular weight excluding hydrogens is 558 g/mol. The van der Waals surface area contributed by atoms with Gasteiger partial charge in [-0.05, 0) is 65.0 Å². The lowest BCUT2D eigenvalue weighted by Gasteiger charge is -2.35. The molecule has 2 N–H and O–H groups in total. The second-order valence-electron chi connectivity index (χ2n) is 12.4. The quantitative estimate of drug-likeness (QED) is 0.465. The van der Waals surface area contributed by atoms with Crippen LogP contribution in [0.5, 0.6) is 0 Å². The van der Waals surface area contributed by atoms with Gasteiger partial charge in [0, 0.05) is 38.6 Å². The number of likely N-dealkylation sites (tertiary alicyclic amines) is 1. The van der Waals surface area contributed by atoms with Crippen molar-refractivity contribution in [1.29, 1.82) is 0 Å². The van der Waals surface area contributed by atoms with E-state index in [4.69, 9.17) is 9.47 Å². The first kappa shape index (κ1) is 30.5. The molecule has 3 saturated heterocycles. The zero-order chi connectivity index (χ0) is 30.9. The number of hydrogen-bond acceptors (Lipinski definition) is 9. The minimum absolute atomic E-state index is 0.0243. The van der Waals surface area contributed by atoms with Crippen molar-refractivity contribution in [2.24, 2.45) is 0 Å². The number of rotatable bonds is 6. The predicted molar refractivity (Wildman–Crippen MR) is 153 cm³/mol. The van der Waals surface area contributed by atoms with Crippen molar-refractivity contribution < 1.29 is 38.2 Å². The number of benzene rings is 1. The van der Waals surface area contributed by atoms with Crippen LogP contribution < -0.4 is 15.5 Å². The molecule has 4 aliphatic heterocycles. The highest BCUT2D eigenvalue weighted by molar-refractivity contribution is 6.25. The Balaban J connectivity index is 1.10. The van der Waals surface area contributed by atoms with E-state index in [1.165, 1.54) is 0 Å². The number of hydrogen-bond donors (Lipinski definition) is 2. The van der Waals surface area contributed by atoms with E-state index in [1.54, 1.807) is 23.1 Å².